The molecule has 0 radical (unpaired) electrons. The third-order valence-corrected chi connectivity index (χ3v) is 20.9. The van der Waals surface area contributed by atoms with E-state index in [1.807, 2.05) is 30.3 Å². The first kappa shape index (κ1) is 81.1. The van der Waals surface area contributed by atoms with E-state index in [4.69, 9.17) is 21.4 Å². The largest absolute Gasteiger partial charge is 0.503 e. The van der Waals surface area contributed by atoms with E-state index in [0.29, 0.717) is 66.2 Å². The van der Waals surface area contributed by atoms with Gasteiger partial charge in [0.05, 0.1) is 69.2 Å². The minimum Gasteiger partial charge on any atom is -0.503 e. The van der Waals surface area contributed by atoms with Crippen LogP contribution in [0.1, 0.15) is 183 Å². The predicted octanol–water partition coefficient (Wildman–Crippen LogP) is 12.3. The lowest BCUT2D eigenvalue weighted by Crippen LogP contribution is -2.34. The topological polar surface area (TPSA) is 342 Å². The Morgan fingerprint density at radius 1 is 0.482 bits per heavy atom. The zero-order valence-corrected chi connectivity index (χ0v) is 61.2. The van der Waals surface area contributed by atoms with Crippen molar-refractivity contribution in [2.24, 2.45) is 0 Å². The smallest absolute Gasteiger partial charge is 0.416 e. The van der Waals surface area contributed by atoms with Crippen molar-refractivity contribution in [2.75, 3.05) is 14.2 Å². The number of aromatic nitrogens is 8. The zero-order valence-electron chi connectivity index (χ0n) is 60.4. The van der Waals surface area contributed by atoms with E-state index in [1.165, 1.54) is 69.9 Å². The van der Waals surface area contributed by atoms with Gasteiger partial charge in [-0.15, -0.1) is 0 Å². The van der Waals surface area contributed by atoms with Crippen molar-refractivity contribution in [3.63, 3.8) is 0 Å². The van der Waals surface area contributed by atoms with Crippen LogP contribution in [0.4, 0.5) is 26.3 Å². The van der Waals surface area contributed by atoms with E-state index in [0.717, 1.165) is 106 Å². The van der Waals surface area contributed by atoms with Crippen LogP contribution in [0.3, 0.4) is 0 Å². The van der Waals surface area contributed by atoms with Crippen molar-refractivity contribution in [1.82, 2.24) is 49.8 Å². The van der Waals surface area contributed by atoms with Crippen molar-refractivity contribution >= 4 is 35.2 Å². The maximum Gasteiger partial charge on any atom is 0.416 e. The number of methoxy groups -OCH3 is 1. The lowest BCUT2D eigenvalue weighted by molar-refractivity contribution is -0.138. The van der Waals surface area contributed by atoms with Gasteiger partial charge in [0.15, 0.2) is 45.9 Å². The molecule has 5 aromatic carbocycles. The number of ketones is 1. The number of Topliss-reactive ketones (excluding diaryl/α,β-unsaturated/α-hetero) is 1. The van der Waals surface area contributed by atoms with Gasteiger partial charge in [0.25, 0.3) is 33.5 Å². The molecular formula is C79H81ClF6N10O14. The van der Waals surface area contributed by atoms with Gasteiger partial charge in [0, 0.05) is 47.2 Å². The summed E-state index contributed by atoms with van der Waals surface area (Å²) in [4.78, 5) is 95.1. The molecule has 0 spiro atoms. The van der Waals surface area contributed by atoms with Gasteiger partial charge in [-0.2, -0.15) is 46.7 Å². The molecule has 0 saturated heterocycles. The molecule has 4 fully saturated rings. The Morgan fingerprint density at radius 2 is 0.882 bits per heavy atom. The van der Waals surface area contributed by atoms with E-state index in [-0.39, 0.29) is 41.9 Å². The minimum absolute atomic E-state index is 0.0876. The van der Waals surface area contributed by atoms with Crippen molar-refractivity contribution in [3.8, 4) is 28.7 Å². The second kappa shape index (κ2) is 33.6. The number of rotatable bonds is 19. The van der Waals surface area contributed by atoms with Crippen LogP contribution in [-0.2, 0) is 66.7 Å². The minimum atomic E-state index is -4.47. The first-order chi connectivity index (χ1) is 52.1. The molecule has 9 aromatic rings. The fourth-order valence-corrected chi connectivity index (χ4v) is 15.0. The molecule has 4 aliphatic rings. The molecule has 4 saturated carbocycles. The van der Waals surface area contributed by atoms with Crippen molar-refractivity contribution in [3.05, 3.63) is 259 Å². The highest BCUT2D eigenvalue weighted by Crippen LogP contribution is 2.50. The Kier molecular flexibility index (Phi) is 24.8. The van der Waals surface area contributed by atoms with Crippen molar-refractivity contribution in [1.29, 1.82) is 0 Å². The number of nitrogens with one attached hydrogen (secondary N) is 2. The standard InChI is InChI=1S/C26H26F3N3O4.C20H21F3N2O3.C18H21N3O3.C15H13ClN2O4/c1-36-20-9-4-6-17(12-20)14-30-24(35)22-23(34)21(33)15-32(31-22)16-25(10-2-3-11-25)18-7-5-8-19(13-18)26(27,28)29;1-12-7-14(9-15(8-12)20(21,22)23)19(5-3-4-6-19)11-25-10-16(27)18(28)17(24-25)13(2)26;1-19-17(24)15-16(23)14(22)11-21(20-15)12-18(9-5-6-10-18)13-7-3-2-4-8-13;16-10-3-1-9(2-4-10)15(5-6-15)8-18-7-11(19)13(20)12(17-18)14(21)22/h4-9,12-13,15,33H,2-3,10-11,14,16H2,1H3,(H,30,35);7-10,27H,3-6,11H2,1-2H3;2-4,7-8,11,22H,5-6,9-10,12H2,1H3,(H,19,24);1-4,7,19H,5-6,8H2,(H,21,22). The molecule has 13 rings (SSSR count). The highest BCUT2D eigenvalue weighted by molar-refractivity contribution is 6.30. The van der Waals surface area contributed by atoms with E-state index >= 15 is 0 Å². The van der Waals surface area contributed by atoms with Gasteiger partial charge in [0.2, 0.25) is 5.69 Å². The van der Waals surface area contributed by atoms with Crippen LogP contribution < -0.4 is 37.1 Å². The number of aromatic carboxylic acids is 1. The third kappa shape index (κ3) is 19.0. The predicted molar refractivity (Wildman–Crippen MR) is 392 cm³/mol. The van der Waals surface area contributed by atoms with Crippen LogP contribution >= 0.6 is 11.6 Å². The van der Waals surface area contributed by atoms with Crippen LogP contribution in [-0.4, -0.2) is 102 Å². The highest BCUT2D eigenvalue weighted by atomic mass is 35.5. The maximum atomic E-state index is 13.3. The fourth-order valence-electron chi connectivity index (χ4n) is 14.8. The van der Waals surface area contributed by atoms with Gasteiger partial charge < -0.3 is 40.9 Å². The van der Waals surface area contributed by atoms with Gasteiger partial charge in [-0.3, -0.25) is 52.3 Å². The number of carboxylic acids is 1. The van der Waals surface area contributed by atoms with Crippen molar-refractivity contribution in [2.45, 2.75) is 170 Å². The first-order valence-electron chi connectivity index (χ1n) is 35.4. The molecule has 31 heteroatoms. The SMILES string of the molecule is CC(=O)c1nn(CC2(c3cc(C)cc(C(F)(F)F)c3)CCCC2)cc(O)c1=O.CNC(=O)c1nn(CC2(c3ccccc3)CCCC2)cc(O)c1=O.COc1cccc(CNC(=O)c2nn(CC3(c4cccc(C(F)(F)F)c4)CCCC3)cc(O)c2=O)c1.O=C(O)c1nn(CC2(c3ccc(Cl)cc3)CC2)cc(O)c1=O. The molecule has 0 aliphatic heterocycles. The Hall–Kier alpha value is -11.4. The van der Waals surface area contributed by atoms with Crippen LogP contribution in [0.2, 0.25) is 5.02 Å². The molecule has 4 aliphatic carbocycles. The average Bonchev–Trinajstić information content (AvgIpc) is 1.63. The molecule has 580 valence electrons. The van der Waals surface area contributed by atoms with Gasteiger partial charge in [-0.05, 0) is 129 Å². The van der Waals surface area contributed by atoms with E-state index in [2.05, 4.69) is 43.2 Å². The number of benzene rings is 5. The summed E-state index contributed by atoms with van der Waals surface area (Å²) in [5, 5.41) is 70.4. The lowest BCUT2D eigenvalue weighted by Gasteiger charge is -2.31. The Labute approximate surface area is 630 Å². The summed E-state index contributed by atoms with van der Waals surface area (Å²) >= 11 is 5.89. The van der Waals surface area contributed by atoms with Gasteiger partial charge >= 0.3 is 18.3 Å². The number of ether oxygens (including phenoxy) is 1. The average molecular weight is 1540 g/mol. The van der Waals surface area contributed by atoms with Crippen LogP contribution in [0, 0.1) is 6.92 Å². The van der Waals surface area contributed by atoms with E-state index < -0.39 is 114 Å². The summed E-state index contributed by atoms with van der Waals surface area (Å²) in [5.74, 6) is -5.12. The summed E-state index contributed by atoms with van der Waals surface area (Å²) in [5.41, 5.74) is -3.67. The second-order valence-electron chi connectivity index (χ2n) is 28.3. The second-order valence-corrected chi connectivity index (χ2v) is 28.7. The van der Waals surface area contributed by atoms with Gasteiger partial charge in [-0.25, -0.2) is 4.79 Å². The number of aromatic hydroxyl groups is 4. The number of hydrogen-bond donors (Lipinski definition) is 7. The molecule has 0 atom stereocenters. The molecule has 4 heterocycles. The number of halogens is 7. The molecule has 7 N–H and O–H groups in total. The fraction of sp³-hybridized carbons (Fsp3) is 0.367. The Bertz CT molecular complexity index is 5140. The highest BCUT2D eigenvalue weighted by Gasteiger charge is 2.46. The first-order valence-corrected chi connectivity index (χ1v) is 35.8. The quantitative estimate of drug-likeness (QED) is 0.0292. The van der Waals surface area contributed by atoms with Crippen LogP contribution in [0.15, 0.2) is 165 Å². The van der Waals surface area contributed by atoms with Crippen molar-refractivity contribution < 1.29 is 75.8 Å². The number of aryl methyl sites for hydroxylation is 1. The van der Waals surface area contributed by atoms with Crippen LogP contribution in [0.5, 0.6) is 28.7 Å². The number of alkyl halides is 6. The maximum absolute atomic E-state index is 13.3. The number of carboxylic acid groups (broad SMARTS) is 1. The Morgan fingerprint density at radius 3 is 1.34 bits per heavy atom. The molecule has 2 amide bonds. The number of carbonyl (C=O) groups is 4. The number of amides is 2. The van der Waals surface area contributed by atoms with Gasteiger partial charge in [0.1, 0.15) is 5.75 Å². The summed E-state index contributed by atoms with van der Waals surface area (Å²) < 4.78 is 90.5. The summed E-state index contributed by atoms with van der Waals surface area (Å²) in [7, 11) is 2.95. The number of nitrogens with zero attached hydrogens (tertiary/aromatic N) is 8. The molecule has 24 nitrogen and oxygen atoms in total. The molecular weight excluding hydrogens is 1460 g/mol. The number of hydrogen-bond acceptors (Lipinski definition) is 17. The molecule has 0 unspecified atom stereocenters. The third-order valence-electron chi connectivity index (χ3n) is 20.6. The molecule has 0 bridgehead atoms. The summed E-state index contributed by atoms with van der Waals surface area (Å²) in [6, 6.07) is 33.9. The lowest BCUT2D eigenvalue weighted by atomic mass is 9.77. The van der Waals surface area contributed by atoms with E-state index in [1.54, 1.807) is 55.5 Å². The Balaban J connectivity index is 0.000000159. The summed E-state index contributed by atoms with van der Waals surface area (Å²) in [6.07, 6.45) is 7.80. The van der Waals surface area contributed by atoms with Crippen LogP contribution in [0.25, 0.3) is 0 Å². The number of carbonyl (C=O) groups excluding carboxylic acids is 3. The summed E-state index contributed by atoms with van der Waals surface area (Å²) in [6.45, 7) is 4.09. The molecule has 4 aromatic heterocycles. The monoisotopic (exact) mass is 1540 g/mol. The zero-order chi connectivity index (χ0) is 79.7. The van der Waals surface area contributed by atoms with E-state index in [9.17, 15) is 85.1 Å². The van der Waals surface area contributed by atoms with Gasteiger partial charge in [-0.1, -0.05) is 135 Å². The normalized spacial score (nSPS) is 15.7. The molecule has 110 heavy (non-hydrogen) atoms.